The second-order valence-corrected chi connectivity index (χ2v) is 5.37. The molecule has 0 aliphatic heterocycles. The molecule has 0 bridgehead atoms. The minimum absolute atomic E-state index is 0.00175. The third kappa shape index (κ3) is 4.84. The highest BCUT2D eigenvalue weighted by Crippen LogP contribution is 2.01. The van der Waals surface area contributed by atoms with Crippen molar-refractivity contribution < 1.29 is 9.59 Å². The van der Waals surface area contributed by atoms with Crippen LogP contribution in [0.25, 0.3) is 0 Å². The number of hydrogen-bond acceptors (Lipinski definition) is 5. The van der Waals surface area contributed by atoms with Gasteiger partial charge < -0.3 is 10.6 Å². The first-order chi connectivity index (χ1) is 11.0. The minimum Gasteiger partial charge on any atom is -0.349 e. The molecule has 23 heavy (non-hydrogen) atoms. The Bertz CT molecular complexity index is 698. The predicted octanol–water partition coefficient (Wildman–Crippen LogP) is 1.25. The van der Waals surface area contributed by atoms with Gasteiger partial charge in [-0.25, -0.2) is 4.98 Å². The summed E-state index contributed by atoms with van der Waals surface area (Å²) in [6, 6.07) is 4.76. The van der Waals surface area contributed by atoms with Crippen molar-refractivity contribution in [1.82, 2.24) is 25.6 Å². The van der Waals surface area contributed by atoms with Gasteiger partial charge in [0.25, 0.3) is 11.8 Å². The quantitative estimate of drug-likeness (QED) is 0.866. The van der Waals surface area contributed by atoms with Gasteiger partial charge in [-0.2, -0.15) is 0 Å². The van der Waals surface area contributed by atoms with Crippen LogP contribution in [-0.4, -0.2) is 32.8 Å². The molecule has 2 N–H and O–H groups in total. The van der Waals surface area contributed by atoms with E-state index in [1.54, 1.807) is 30.6 Å². The van der Waals surface area contributed by atoms with E-state index in [2.05, 4.69) is 25.6 Å². The molecule has 0 atom stereocenters. The summed E-state index contributed by atoms with van der Waals surface area (Å²) in [6.45, 7) is 5.80. The van der Waals surface area contributed by atoms with E-state index in [0.29, 0.717) is 5.69 Å². The molecule has 2 aromatic rings. The smallest absolute Gasteiger partial charge is 0.270 e. The second-order valence-electron chi connectivity index (χ2n) is 5.37. The highest BCUT2D eigenvalue weighted by molar-refractivity contribution is 5.96. The summed E-state index contributed by atoms with van der Waals surface area (Å²) in [5.74, 6) is -0.675. The lowest BCUT2D eigenvalue weighted by atomic mass is 10.2. The number of pyridine rings is 1. The first kappa shape index (κ1) is 16.5. The van der Waals surface area contributed by atoms with Crippen molar-refractivity contribution in [2.24, 2.45) is 0 Å². The van der Waals surface area contributed by atoms with Crippen LogP contribution in [0.1, 0.15) is 46.2 Å². The molecule has 0 aromatic carbocycles. The van der Waals surface area contributed by atoms with Gasteiger partial charge in [0.05, 0.1) is 24.1 Å². The fourth-order valence-corrected chi connectivity index (χ4v) is 1.80. The number of nitrogens with zero attached hydrogens (tertiary/aromatic N) is 3. The Morgan fingerprint density at radius 3 is 2.39 bits per heavy atom. The van der Waals surface area contributed by atoms with Crippen molar-refractivity contribution >= 4 is 11.8 Å². The second kappa shape index (κ2) is 7.44. The minimum atomic E-state index is -0.369. The maximum Gasteiger partial charge on any atom is 0.270 e. The van der Waals surface area contributed by atoms with E-state index in [1.807, 2.05) is 20.8 Å². The molecule has 0 saturated heterocycles. The Morgan fingerprint density at radius 1 is 1.09 bits per heavy atom. The molecule has 0 aliphatic carbocycles. The van der Waals surface area contributed by atoms with Crippen LogP contribution in [0.5, 0.6) is 0 Å². The van der Waals surface area contributed by atoms with Crippen molar-refractivity contribution in [2.75, 3.05) is 0 Å². The normalized spacial score (nSPS) is 10.4. The fourth-order valence-electron chi connectivity index (χ4n) is 1.80. The summed E-state index contributed by atoms with van der Waals surface area (Å²) < 4.78 is 0. The van der Waals surface area contributed by atoms with Crippen LogP contribution in [0.2, 0.25) is 0 Å². The van der Waals surface area contributed by atoms with E-state index in [4.69, 9.17) is 0 Å². The average molecular weight is 313 g/mol. The van der Waals surface area contributed by atoms with Crippen molar-refractivity contribution in [3.63, 3.8) is 0 Å². The first-order valence-electron chi connectivity index (χ1n) is 7.29. The van der Waals surface area contributed by atoms with E-state index in [9.17, 15) is 9.59 Å². The summed E-state index contributed by atoms with van der Waals surface area (Å²) in [4.78, 5) is 36.4. The fraction of sp³-hybridized carbons (Fsp3) is 0.312. The standard InChI is InChI=1S/C16H19N5O2/c1-10(2)20-16(23)14-6-4-5-13(21-14)15(22)19-9-12-8-17-11(3)7-18-12/h4-8,10H,9H2,1-3H3,(H,19,22)(H,20,23). The summed E-state index contributed by atoms with van der Waals surface area (Å²) >= 11 is 0. The number of amides is 2. The van der Waals surface area contributed by atoms with Gasteiger partial charge in [-0.1, -0.05) is 6.07 Å². The number of rotatable bonds is 5. The molecule has 0 aliphatic rings. The maximum absolute atomic E-state index is 12.1. The monoisotopic (exact) mass is 313 g/mol. The van der Waals surface area contributed by atoms with Crippen LogP contribution < -0.4 is 10.6 Å². The average Bonchev–Trinajstić information content (AvgIpc) is 2.53. The van der Waals surface area contributed by atoms with Crippen LogP contribution in [0.3, 0.4) is 0 Å². The lowest BCUT2D eigenvalue weighted by Crippen LogP contribution is -2.31. The number of nitrogens with one attached hydrogen (secondary N) is 2. The SMILES string of the molecule is Cc1cnc(CNC(=O)c2cccc(C(=O)NC(C)C)n2)cn1. The summed E-state index contributed by atoms with van der Waals surface area (Å²) in [7, 11) is 0. The van der Waals surface area contributed by atoms with E-state index >= 15 is 0 Å². The van der Waals surface area contributed by atoms with Gasteiger partial charge in [0.1, 0.15) is 11.4 Å². The van der Waals surface area contributed by atoms with Crippen LogP contribution in [0, 0.1) is 6.92 Å². The van der Waals surface area contributed by atoms with Gasteiger partial charge in [0.2, 0.25) is 0 Å². The highest BCUT2D eigenvalue weighted by atomic mass is 16.2. The molecule has 0 unspecified atom stereocenters. The van der Waals surface area contributed by atoms with E-state index in [-0.39, 0.29) is 35.8 Å². The number of hydrogen-bond donors (Lipinski definition) is 2. The van der Waals surface area contributed by atoms with E-state index in [0.717, 1.165) is 5.69 Å². The Labute approximate surface area is 134 Å². The van der Waals surface area contributed by atoms with Gasteiger partial charge in [-0.3, -0.25) is 19.6 Å². The molecule has 2 rings (SSSR count). The van der Waals surface area contributed by atoms with Gasteiger partial charge in [-0.05, 0) is 32.9 Å². The van der Waals surface area contributed by atoms with Crippen LogP contribution in [-0.2, 0) is 6.54 Å². The Balaban J connectivity index is 2.02. The van der Waals surface area contributed by atoms with Gasteiger partial charge in [-0.15, -0.1) is 0 Å². The molecule has 2 aromatic heterocycles. The third-order valence-electron chi connectivity index (χ3n) is 2.90. The zero-order valence-corrected chi connectivity index (χ0v) is 13.3. The first-order valence-corrected chi connectivity index (χ1v) is 7.29. The van der Waals surface area contributed by atoms with Crippen LogP contribution >= 0.6 is 0 Å². The summed E-state index contributed by atoms with van der Waals surface area (Å²) in [5.41, 5.74) is 1.85. The van der Waals surface area contributed by atoms with Crippen LogP contribution in [0.15, 0.2) is 30.6 Å². The molecule has 7 nitrogen and oxygen atoms in total. The predicted molar refractivity (Wildman–Crippen MR) is 84.8 cm³/mol. The Kier molecular flexibility index (Phi) is 5.35. The number of aromatic nitrogens is 3. The maximum atomic E-state index is 12.1. The summed E-state index contributed by atoms with van der Waals surface area (Å²) in [6.07, 6.45) is 3.24. The van der Waals surface area contributed by atoms with Crippen LogP contribution in [0.4, 0.5) is 0 Å². The van der Waals surface area contributed by atoms with E-state index < -0.39 is 0 Å². The lowest BCUT2D eigenvalue weighted by molar-refractivity contribution is 0.0936. The molecule has 0 saturated carbocycles. The zero-order chi connectivity index (χ0) is 16.8. The molecule has 0 spiro atoms. The Morgan fingerprint density at radius 2 is 1.78 bits per heavy atom. The van der Waals surface area contributed by atoms with Crippen molar-refractivity contribution in [2.45, 2.75) is 33.4 Å². The van der Waals surface area contributed by atoms with Crippen molar-refractivity contribution in [1.29, 1.82) is 0 Å². The zero-order valence-electron chi connectivity index (χ0n) is 13.3. The summed E-state index contributed by atoms with van der Waals surface area (Å²) in [5, 5.41) is 5.44. The molecule has 0 fully saturated rings. The number of carbonyl (C=O) groups is 2. The highest BCUT2D eigenvalue weighted by Gasteiger charge is 2.13. The number of carbonyl (C=O) groups excluding carboxylic acids is 2. The Hall–Kier alpha value is -2.83. The molecule has 0 radical (unpaired) electrons. The molecule has 7 heteroatoms. The van der Waals surface area contributed by atoms with Crippen molar-refractivity contribution in [3.8, 4) is 0 Å². The van der Waals surface area contributed by atoms with E-state index in [1.165, 1.54) is 0 Å². The molecular weight excluding hydrogens is 294 g/mol. The van der Waals surface area contributed by atoms with Gasteiger partial charge in [0, 0.05) is 12.2 Å². The third-order valence-corrected chi connectivity index (χ3v) is 2.90. The van der Waals surface area contributed by atoms with Gasteiger partial charge >= 0.3 is 0 Å². The number of aryl methyl sites for hydroxylation is 1. The van der Waals surface area contributed by atoms with Crippen molar-refractivity contribution in [3.05, 3.63) is 53.4 Å². The topological polar surface area (TPSA) is 96.9 Å². The lowest BCUT2D eigenvalue weighted by Gasteiger charge is -2.09. The van der Waals surface area contributed by atoms with Gasteiger partial charge in [0.15, 0.2) is 0 Å². The molecule has 2 amide bonds. The largest absolute Gasteiger partial charge is 0.349 e. The molecule has 2 heterocycles. The molecule has 120 valence electrons. The molecular formula is C16H19N5O2.